The van der Waals surface area contributed by atoms with Crippen LogP contribution in [0.25, 0.3) is 0 Å². The number of sulfone groups is 1. The predicted molar refractivity (Wildman–Crippen MR) is 115 cm³/mol. The molecule has 0 unspecified atom stereocenters. The van der Waals surface area contributed by atoms with Crippen molar-refractivity contribution in [1.82, 2.24) is 15.1 Å². The van der Waals surface area contributed by atoms with Gasteiger partial charge in [-0.3, -0.25) is 14.5 Å². The Bertz CT molecular complexity index is 1000. The molecule has 3 aliphatic rings. The summed E-state index contributed by atoms with van der Waals surface area (Å²) in [7, 11) is -3.16. The zero-order chi connectivity index (χ0) is 22.4. The fourth-order valence-corrected chi connectivity index (χ4v) is 6.73. The van der Waals surface area contributed by atoms with Gasteiger partial charge in [0.2, 0.25) is 5.91 Å². The van der Waals surface area contributed by atoms with Crippen LogP contribution in [0.15, 0.2) is 24.3 Å². The summed E-state index contributed by atoms with van der Waals surface area (Å²) in [5.74, 6) is -0.801. The number of nitrogens with one attached hydrogen (secondary N) is 1. The lowest BCUT2D eigenvalue weighted by Crippen LogP contribution is -2.51. The van der Waals surface area contributed by atoms with E-state index >= 15 is 0 Å². The van der Waals surface area contributed by atoms with Crippen molar-refractivity contribution >= 4 is 27.7 Å². The molecule has 4 amide bonds. The summed E-state index contributed by atoms with van der Waals surface area (Å²) in [6, 6.07) is 6.32. The molecule has 1 aliphatic carbocycles. The number of hydrogen-bond donors (Lipinski definition) is 1. The number of carbonyl (C=O) groups excluding carboxylic acids is 3. The van der Waals surface area contributed by atoms with Crippen molar-refractivity contribution in [3.05, 3.63) is 35.4 Å². The van der Waals surface area contributed by atoms with Gasteiger partial charge in [0, 0.05) is 12.1 Å². The number of benzene rings is 1. The van der Waals surface area contributed by atoms with E-state index in [4.69, 9.17) is 0 Å². The van der Waals surface area contributed by atoms with Gasteiger partial charge in [-0.05, 0) is 38.7 Å². The minimum absolute atomic E-state index is 0.0324. The Morgan fingerprint density at radius 2 is 1.77 bits per heavy atom. The first-order valence-electron chi connectivity index (χ1n) is 10.8. The number of carbonyl (C=O) groups is 3. The first-order valence-corrected chi connectivity index (χ1v) is 12.7. The van der Waals surface area contributed by atoms with Gasteiger partial charge in [-0.25, -0.2) is 13.2 Å². The quantitative estimate of drug-likeness (QED) is 0.692. The van der Waals surface area contributed by atoms with E-state index in [9.17, 15) is 22.8 Å². The summed E-state index contributed by atoms with van der Waals surface area (Å²) in [6.45, 7) is 3.20. The van der Waals surface area contributed by atoms with E-state index in [1.165, 1.54) is 0 Å². The van der Waals surface area contributed by atoms with Gasteiger partial charge >= 0.3 is 6.03 Å². The summed E-state index contributed by atoms with van der Waals surface area (Å²) in [4.78, 5) is 41.8. The molecule has 1 N–H and O–H groups in total. The smallest absolute Gasteiger partial charge is 0.325 e. The van der Waals surface area contributed by atoms with Crippen LogP contribution in [-0.2, 0) is 25.0 Å². The van der Waals surface area contributed by atoms with Crippen molar-refractivity contribution in [2.24, 2.45) is 0 Å². The normalized spacial score (nSPS) is 28.2. The molecule has 1 saturated carbocycles. The molecule has 0 aromatic heterocycles. The van der Waals surface area contributed by atoms with Crippen molar-refractivity contribution in [2.75, 3.05) is 18.1 Å². The number of amides is 4. The van der Waals surface area contributed by atoms with Crippen molar-refractivity contribution in [2.45, 2.75) is 63.6 Å². The van der Waals surface area contributed by atoms with Crippen LogP contribution in [0.4, 0.5) is 4.79 Å². The molecule has 168 valence electrons. The first-order chi connectivity index (χ1) is 14.6. The molecule has 31 heavy (non-hydrogen) atoms. The molecular weight excluding hydrogens is 418 g/mol. The van der Waals surface area contributed by atoms with E-state index in [1.54, 1.807) is 24.0 Å². The van der Waals surface area contributed by atoms with Gasteiger partial charge in [-0.15, -0.1) is 0 Å². The third-order valence-corrected chi connectivity index (χ3v) is 8.56. The molecule has 9 heteroatoms. The van der Waals surface area contributed by atoms with Crippen LogP contribution < -0.4 is 5.32 Å². The average Bonchev–Trinajstić information content (AvgIpc) is 3.40. The molecule has 4 rings (SSSR count). The third-order valence-electron chi connectivity index (χ3n) is 6.81. The van der Waals surface area contributed by atoms with Gasteiger partial charge in [0.15, 0.2) is 9.84 Å². The molecule has 3 fully saturated rings. The fourth-order valence-electron chi connectivity index (χ4n) is 5.02. The molecule has 2 saturated heterocycles. The summed E-state index contributed by atoms with van der Waals surface area (Å²) in [5.41, 5.74) is 0.454. The summed E-state index contributed by atoms with van der Waals surface area (Å²) >= 11 is 0. The number of nitrogens with zero attached hydrogens (tertiary/aromatic N) is 2. The predicted octanol–water partition coefficient (Wildman–Crippen LogP) is 1.72. The maximum Gasteiger partial charge on any atom is 0.325 e. The van der Waals surface area contributed by atoms with Crippen LogP contribution in [0.2, 0.25) is 0 Å². The molecule has 2 heterocycles. The van der Waals surface area contributed by atoms with Gasteiger partial charge in [0.25, 0.3) is 5.91 Å². The van der Waals surface area contributed by atoms with E-state index < -0.39 is 27.3 Å². The third kappa shape index (κ3) is 4.07. The Kier molecular flexibility index (Phi) is 5.57. The number of aryl methyl sites for hydroxylation is 1. The number of hydrogen-bond acceptors (Lipinski definition) is 5. The molecule has 1 aromatic carbocycles. The highest BCUT2D eigenvalue weighted by Gasteiger charge is 2.50. The van der Waals surface area contributed by atoms with Crippen LogP contribution >= 0.6 is 0 Å². The highest BCUT2D eigenvalue weighted by molar-refractivity contribution is 7.91. The second-order valence-corrected chi connectivity index (χ2v) is 11.3. The lowest BCUT2D eigenvalue weighted by molar-refractivity contribution is -0.141. The van der Waals surface area contributed by atoms with Gasteiger partial charge < -0.3 is 10.2 Å². The zero-order valence-electron chi connectivity index (χ0n) is 18.0. The van der Waals surface area contributed by atoms with Crippen LogP contribution in [-0.4, -0.2) is 66.2 Å². The van der Waals surface area contributed by atoms with Crippen molar-refractivity contribution in [3.63, 3.8) is 0 Å². The molecule has 8 nitrogen and oxygen atoms in total. The number of rotatable bonds is 5. The zero-order valence-corrected chi connectivity index (χ0v) is 18.8. The number of urea groups is 1. The van der Waals surface area contributed by atoms with Crippen LogP contribution in [0.1, 0.15) is 50.2 Å². The maximum absolute atomic E-state index is 13.3. The Morgan fingerprint density at radius 3 is 2.35 bits per heavy atom. The maximum atomic E-state index is 13.3. The first kappa shape index (κ1) is 21.8. The topological polar surface area (TPSA) is 104 Å². The van der Waals surface area contributed by atoms with Crippen LogP contribution in [0.3, 0.4) is 0 Å². The monoisotopic (exact) mass is 447 g/mol. The standard InChI is InChI=1S/C22H29N3O5S/c1-15-7-9-16(10-8-15)22(2)20(27)24(21(28)23-22)13-19(26)25(17-5-3-4-6-17)18-11-12-31(29,30)14-18/h7-10,17-18H,3-6,11-14H2,1-2H3,(H,23,28)/t18-,22+/m1/s1. The largest absolute Gasteiger partial charge is 0.334 e. The second kappa shape index (κ2) is 7.93. The summed E-state index contributed by atoms with van der Waals surface area (Å²) in [5, 5.41) is 2.73. The molecule has 0 bridgehead atoms. The van der Waals surface area contributed by atoms with E-state index in [2.05, 4.69) is 5.32 Å². The Balaban J connectivity index is 1.55. The molecule has 0 radical (unpaired) electrons. The van der Waals surface area contributed by atoms with Gasteiger partial charge in [-0.2, -0.15) is 0 Å². The van der Waals surface area contributed by atoms with E-state index in [0.29, 0.717) is 12.0 Å². The second-order valence-electron chi connectivity index (χ2n) is 9.11. The minimum Gasteiger partial charge on any atom is -0.334 e. The van der Waals surface area contributed by atoms with Crippen LogP contribution in [0.5, 0.6) is 0 Å². The SMILES string of the molecule is Cc1ccc([C@]2(C)NC(=O)N(CC(=O)N(C3CCCC3)[C@@H]3CCS(=O)(=O)C3)C2=O)cc1. The van der Waals surface area contributed by atoms with E-state index in [-0.39, 0.29) is 36.0 Å². The Morgan fingerprint density at radius 1 is 1.13 bits per heavy atom. The molecule has 1 aromatic rings. The van der Waals surface area contributed by atoms with Crippen LogP contribution in [0, 0.1) is 6.92 Å². The van der Waals surface area contributed by atoms with Gasteiger partial charge in [-0.1, -0.05) is 42.7 Å². The molecule has 0 spiro atoms. The van der Waals surface area contributed by atoms with E-state index in [1.807, 2.05) is 19.1 Å². The van der Waals surface area contributed by atoms with E-state index in [0.717, 1.165) is 36.1 Å². The summed E-state index contributed by atoms with van der Waals surface area (Å²) in [6.07, 6.45) is 4.03. The van der Waals surface area contributed by atoms with Gasteiger partial charge in [0.05, 0.1) is 11.5 Å². The number of imide groups is 1. The Hall–Kier alpha value is -2.42. The minimum atomic E-state index is -3.16. The summed E-state index contributed by atoms with van der Waals surface area (Å²) < 4.78 is 24.1. The van der Waals surface area contributed by atoms with Crippen molar-refractivity contribution < 1.29 is 22.8 Å². The lowest BCUT2D eigenvalue weighted by atomic mass is 9.91. The van der Waals surface area contributed by atoms with Gasteiger partial charge in [0.1, 0.15) is 12.1 Å². The molecular formula is C22H29N3O5S. The van der Waals surface area contributed by atoms with Crippen molar-refractivity contribution in [1.29, 1.82) is 0 Å². The lowest BCUT2D eigenvalue weighted by Gasteiger charge is -2.35. The fraction of sp³-hybridized carbons (Fsp3) is 0.591. The molecule has 2 atom stereocenters. The Labute approximate surface area is 182 Å². The van der Waals surface area contributed by atoms with Crippen molar-refractivity contribution in [3.8, 4) is 0 Å². The highest BCUT2D eigenvalue weighted by Crippen LogP contribution is 2.32. The molecule has 2 aliphatic heterocycles. The highest BCUT2D eigenvalue weighted by atomic mass is 32.2. The average molecular weight is 448 g/mol.